The quantitative estimate of drug-likeness (QED) is 0.726. The number of carbonyl (C=O) groups is 2. The summed E-state index contributed by atoms with van der Waals surface area (Å²) >= 11 is 0. The highest BCUT2D eigenvalue weighted by molar-refractivity contribution is 5.96. The molecule has 0 saturated carbocycles. The van der Waals surface area contributed by atoms with E-state index in [4.69, 9.17) is 4.74 Å². The molecule has 1 atom stereocenters. The maximum absolute atomic E-state index is 12.0. The molecule has 0 aliphatic heterocycles. The van der Waals surface area contributed by atoms with Crippen molar-refractivity contribution >= 4 is 11.8 Å². The summed E-state index contributed by atoms with van der Waals surface area (Å²) in [6.07, 6.45) is 0.514. The summed E-state index contributed by atoms with van der Waals surface area (Å²) in [6, 6.07) is 17.2. The lowest BCUT2D eigenvalue weighted by molar-refractivity contribution is -0.129. The molecule has 0 saturated heterocycles. The second-order valence-electron chi connectivity index (χ2n) is 5.83. The van der Waals surface area contributed by atoms with Gasteiger partial charge in [-0.15, -0.1) is 0 Å². The molecule has 0 fully saturated rings. The molecule has 5 heteroatoms. The molecule has 2 amide bonds. The third-order valence-corrected chi connectivity index (χ3v) is 3.87. The summed E-state index contributed by atoms with van der Waals surface area (Å²) in [5, 5.41) is 5.61. The SMILES string of the molecule is COc1cccc(CCNC(=O)CC(=O)NC(C)c2ccccc2)c1. The average molecular weight is 340 g/mol. The molecule has 0 aliphatic rings. The average Bonchev–Trinajstić information content (AvgIpc) is 2.62. The van der Waals surface area contributed by atoms with Gasteiger partial charge in [0.2, 0.25) is 11.8 Å². The fraction of sp³-hybridized carbons (Fsp3) is 0.300. The van der Waals surface area contributed by atoms with E-state index in [9.17, 15) is 9.59 Å². The van der Waals surface area contributed by atoms with E-state index in [1.807, 2.05) is 61.5 Å². The zero-order valence-corrected chi connectivity index (χ0v) is 14.6. The molecule has 0 radical (unpaired) electrons. The smallest absolute Gasteiger partial charge is 0.229 e. The molecule has 0 bridgehead atoms. The summed E-state index contributed by atoms with van der Waals surface area (Å²) in [7, 11) is 1.62. The van der Waals surface area contributed by atoms with Crippen LogP contribution < -0.4 is 15.4 Å². The van der Waals surface area contributed by atoms with Crippen molar-refractivity contribution < 1.29 is 14.3 Å². The Bertz CT molecular complexity index is 701. The van der Waals surface area contributed by atoms with Crippen LogP contribution in [0.4, 0.5) is 0 Å². The van der Waals surface area contributed by atoms with Crippen LogP contribution in [0.3, 0.4) is 0 Å². The molecule has 0 spiro atoms. The van der Waals surface area contributed by atoms with Gasteiger partial charge >= 0.3 is 0 Å². The molecule has 132 valence electrons. The van der Waals surface area contributed by atoms with E-state index in [1.54, 1.807) is 7.11 Å². The lowest BCUT2D eigenvalue weighted by Gasteiger charge is -2.14. The molecule has 1 unspecified atom stereocenters. The molecule has 5 nitrogen and oxygen atoms in total. The summed E-state index contributed by atoms with van der Waals surface area (Å²) in [5.41, 5.74) is 2.08. The van der Waals surface area contributed by atoms with Gasteiger partial charge in [-0.3, -0.25) is 9.59 Å². The van der Waals surface area contributed by atoms with E-state index in [0.717, 1.165) is 16.9 Å². The molecule has 2 aromatic carbocycles. The van der Waals surface area contributed by atoms with Gasteiger partial charge in [0.1, 0.15) is 12.2 Å². The van der Waals surface area contributed by atoms with E-state index in [1.165, 1.54) is 0 Å². The molecule has 2 N–H and O–H groups in total. The monoisotopic (exact) mass is 340 g/mol. The summed E-state index contributed by atoms with van der Waals surface area (Å²) in [5.74, 6) is 0.231. The van der Waals surface area contributed by atoms with E-state index in [0.29, 0.717) is 13.0 Å². The van der Waals surface area contributed by atoms with Crippen LogP contribution in [0.1, 0.15) is 30.5 Å². The molecule has 0 aromatic heterocycles. The molecule has 2 aromatic rings. The second kappa shape index (κ2) is 9.47. The molecular formula is C20H24N2O3. The normalized spacial score (nSPS) is 11.4. The van der Waals surface area contributed by atoms with Crippen LogP contribution in [0.2, 0.25) is 0 Å². The second-order valence-corrected chi connectivity index (χ2v) is 5.83. The van der Waals surface area contributed by atoms with Crippen molar-refractivity contribution in [1.82, 2.24) is 10.6 Å². The Labute approximate surface area is 148 Å². The Kier molecular flexibility index (Phi) is 7.01. The van der Waals surface area contributed by atoms with Gasteiger partial charge in [0.15, 0.2) is 0 Å². The Hall–Kier alpha value is -2.82. The van der Waals surface area contributed by atoms with Crippen molar-refractivity contribution in [3.05, 3.63) is 65.7 Å². The van der Waals surface area contributed by atoms with E-state index in [-0.39, 0.29) is 24.3 Å². The van der Waals surface area contributed by atoms with Crippen molar-refractivity contribution in [2.75, 3.05) is 13.7 Å². The minimum absolute atomic E-state index is 0.127. The predicted molar refractivity (Wildman–Crippen MR) is 97.3 cm³/mol. The Morgan fingerprint density at radius 3 is 2.52 bits per heavy atom. The van der Waals surface area contributed by atoms with Crippen molar-refractivity contribution in [2.24, 2.45) is 0 Å². The summed E-state index contributed by atoms with van der Waals surface area (Å²) in [4.78, 5) is 23.9. The standard InChI is InChI=1S/C20H24N2O3/c1-15(17-8-4-3-5-9-17)22-20(24)14-19(23)21-12-11-16-7-6-10-18(13-16)25-2/h3-10,13,15H,11-12,14H2,1-2H3,(H,21,23)(H,22,24). The molecule has 0 aliphatic carbocycles. The number of carbonyl (C=O) groups excluding carboxylic acids is 2. The van der Waals surface area contributed by atoms with Crippen LogP contribution in [0.15, 0.2) is 54.6 Å². The van der Waals surface area contributed by atoms with Crippen LogP contribution >= 0.6 is 0 Å². The molecule has 0 heterocycles. The first kappa shape index (κ1) is 18.5. The van der Waals surface area contributed by atoms with Gasteiger partial charge in [-0.1, -0.05) is 42.5 Å². The number of nitrogens with one attached hydrogen (secondary N) is 2. The predicted octanol–water partition coefficient (Wildman–Crippen LogP) is 2.62. The van der Waals surface area contributed by atoms with Crippen LogP contribution in [0, 0.1) is 0 Å². The summed E-state index contributed by atoms with van der Waals surface area (Å²) in [6.45, 7) is 2.38. The number of hydrogen-bond donors (Lipinski definition) is 2. The highest BCUT2D eigenvalue weighted by Crippen LogP contribution is 2.13. The van der Waals surface area contributed by atoms with Crippen LogP contribution in [0.25, 0.3) is 0 Å². The Morgan fingerprint density at radius 1 is 1.04 bits per heavy atom. The van der Waals surface area contributed by atoms with Gasteiger partial charge in [0.05, 0.1) is 13.2 Å². The highest BCUT2D eigenvalue weighted by Gasteiger charge is 2.12. The highest BCUT2D eigenvalue weighted by atomic mass is 16.5. The van der Waals surface area contributed by atoms with E-state index < -0.39 is 0 Å². The first-order valence-corrected chi connectivity index (χ1v) is 8.32. The molecule has 25 heavy (non-hydrogen) atoms. The van der Waals surface area contributed by atoms with Crippen LogP contribution in [0.5, 0.6) is 5.75 Å². The maximum atomic E-state index is 12.0. The summed E-state index contributed by atoms with van der Waals surface area (Å²) < 4.78 is 5.17. The zero-order chi connectivity index (χ0) is 18.1. The van der Waals surface area contributed by atoms with E-state index >= 15 is 0 Å². The van der Waals surface area contributed by atoms with Gasteiger partial charge in [0.25, 0.3) is 0 Å². The number of ether oxygens (including phenoxy) is 1. The third-order valence-electron chi connectivity index (χ3n) is 3.87. The Balaban J connectivity index is 1.71. The number of amides is 2. The Morgan fingerprint density at radius 2 is 1.80 bits per heavy atom. The van der Waals surface area contributed by atoms with Crippen molar-refractivity contribution in [3.8, 4) is 5.75 Å². The minimum Gasteiger partial charge on any atom is -0.497 e. The van der Waals surface area contributed by atoms with Gasteiger partial charge in [-0.2, -0.15) is 0 Å². The largest absolute Gasteiger partial charge is 0.497 e. The van der Waals surface area contributed by atoms with Gasteiger partial charge in [0, 0.05) is 6.54 Å². The third kappa shape index (κ3) is 6.30. The van der Waals surface area contributed by atoms with Gasteiger partial charge in [-0.05, 0) is 36.6 Å². The number of hydrogen-bond acceptors (Lipinski definition) is 3. The zero-order valence-electron chi connectivity index (χ0n) is 14.6. The van der Waals surface area contributed by atoms with Gasteiger partial charge in [-0.25, -0.2) is 0 Å². The fourth-order valence-electron chi connectivity index (χ4n) is 2.50. The lowest BCUT2D eigenvalue weighted by atomic mass is 10.1. The van der Waals surface area contributed by atoms with Crippen molar-refractivity contribution in [2.45, 2.75) is 25.8 Å². The number of benzene rings is 2. The van der Waals surface area contributed by atoms with Crippen molar-refractivity contribution in [1.29, 1.82) is 0 Å². The van der Waals surface area contributed by atoms with Gasteiger partial charge < -0.3 is 15.4 Å². The van der Waals surface area contributed by atoms with Crippen LogP contribution in [-0.4, -0.2) is 25.5 Å². The fourth-order valence-corrected chi connectivity index (χ4v) is 2.50. The topological polar surface area (TPSA) is 67.4 Å². The number of rotatable bonds is 8. The minimum atomic E-state index is -0.282. The molecular weight excluding hydrogens is 316 g/mol. The lowest BCUT2D eigenvalue weighted by Crippen LogP contribution is -2.34. The maximum Gasteiger partial charge on any atom is 0.229 e. The first-order chi connectivity index (χ1) is 12.1. The van der Waals surface area contributed by atoms with Crippen LogP contribution in [-0.2, 0) is 16.0 Å². The molecule has 2 rings (SSSR count). The number of methoxy groups -OCH3 is 1. The van der Waals surface area contributed by atoms with Crippen molar-refractivity contribution in [3.63, 3.8) is 0 Å². The first-order valence-electron chi connectivity index (χ1n) is 8.32. The van der Waals surface area contributed by atoms with E-state index in [2.05, 4.69) is 10.6 Å².